The molecule has 0 aliphatic heterocycles. The number of nitrogens with zero attached hydrogens (tertiary/aromatic N) is 2. The van der Waals surface area contributed by atoms with Gasteiger partial charge < -0.3 is 0 Å². The Bertz CT molecular complexity index is 1370. The minimum atomic E-state index is -0.298. The highest BCUT2D eigenvalue weighted by Gasteiger charge is 2.20. The molecule has 2 aromatic heterocycles. The number of benzene rings is 2. The zero-order valence-electron chi connectivity index (χ0n) is 17.4. The predicted molar refractivity (Wildman–Crippen MR) is 121 cm³/mol. The van der Waals surface area contributed by atoms with Crippen LogP contribution in [0.1, 0.15) is 32.7 Å². The summed E-state index contributed by atoms with van der Waals surface area (Å²) in [7, 11) is 0. The van der Waals surface area contributed by atoms with Gasteiger partial charge in [-0.3, -0.25) is 9.36 Å². The van der Waals surface area contributed by atoms with E-state index in [4.69, 9.17) is 0 Å². The Morgan fingerprint density at radius 2 is 1.66 bits per heavy atom. The molecule has 0 bridgehead atoms. The minimum absolute atomic E-state index is 0.240. The molecule has 0 saturated heterocycles. The molecule has 4 nitrogen and oxygen atoms in total. The molecule has 0 radical (unpaired) electrons. The number of thiophene rings is 1. The van der Waals surface area contributed by atoms with Crippen molar-refractivity contribution in [1.82, 2.24) is 9.13 Å². The summed E-state index contributed by atoms with van der Waals surface area (Å²) in [5, 5.41) is 0.637. The Balaban J connectivity index is 2.07. The Kier molecular flexibility index (Phi) is 4.79. The molecular formula is C24H24N2O2S. The molecule has 2 heterocycles. The van der Waals surface area contributed by atoms with E-state index in [0.717, 1.165) is 37.5 Å². The van der Waals surface area contributed by atoms with Gasteiger partial charge in [-0.25, -0.2) is 9.36 Å². The Hall–Kier alpha value is -2.92. The van der Waals surface area contributed by atoms with Crippen molar-refractivity contribution < 1.29 is 0 Å². The molecule has 0 aliphatic carbocycles. The number of aryl methyl sites for hydroxylation is 5. The van der Waals surface area contributed by atoms with Gasteiger partial charge in [0, 0.05) is 4.88 Å². The van der Waals surface area contributed by atoms with E-state index < -0.39 is 0 Å². The smallest absolute Gasteiger partial charge is 0.280 e. The van der Waals surface area contributed by atoms with Gasteiger partial charge in [-0.2, -0.15) is 0 Å². The van der Waals surface area contributed by atoms with Crippen LogP contribution in [0.5, 0.6) is 0 Å². The number of hydrogen-bond donors (Lipinski definition) is 0. The van der Waals surface area contributed by atoms with Gasteiger partial charge in [0.25, 0.3) is 5.56 Å². The number of fused-ring (bicyclic) bond motifs is 1. The summed E-state index contributed by atoms with van der Waals surface area (Å²) in [5.41, 5.74) is 5.40. The summed E-state index contributed by atoms with van der Waals surface area (Å²) < 4.78 is 3.06. The van der Waals surface area contributed by atoms with Crippen molar-refractivity contribution in [3.8, 4) is 5.69 Å². The first-order valence-electron chi connectivity index (χ1n) is 9.66. The van der Waals surface area contributed by atoms with Gasteiger partial charge in [-0.1, -0.05) is 35.9 Å². The lowest BCUT2D eigenvalue weighted by Gasteiger charge is -2.14. The molecule has 4 rings (SSSR count). The normalized spacial score (nSPS) is 11.3. The topological polar surface area (TPSA) is 44.0 Å². The molecule has 0 N–H and O–H groups in total. The van der Waals surface area contributed by atoms with E-state index >= 15 is 0 Å². The van der Waals surface area contributed by atoms with Crippen molar-refractivity contribution in [3.63, 3.8) is 0 Å². The molecule has 5 heteroatoms. The molecular weight excluding hydrogens is 380 g/mol. The quantitative estimate of drug-likeness (QED) is 0.492. The van der Waals surface area contributed by atoms with Crippen LogP contribution in [-0.4, -0.2) is 9.13 Å². The second-order valence-electron chi connectivity index (χ2n) is 7.73. The molecule has 0 atom stereocenters. The molecule has 0 saturated carbocycles. The number of hydrogen-bond acceptors (Lipinski definition) is 3. The fourth-order valence-electron chi connectivity index (χ4n) is 3.68. The van der Waals surface area contributed by atoms with E-state index in [2.05, 4.69) is 6.07 Å². The summed E-state index contributed by atoms with van der Waals surface area (Å²) in [6.45, 7) is 10.4. The third-order valence-corrected chi connectivity index (χ3v) is 6.85. The monoisotopic (exact) mass is 404 g/mol. The van der Waals surface area contributed by atoms with Crippen LogP contribution >= 0.6 is 11.3 Å². The van der Waals surface area contributed by atoms with Crippen molar-refractivity contribution in [2.75, 3.05) is 0 Å². The standard InChI is InChI=1S/C24H24N2O2S/c1-14-7-6-8-19(11-14)13-25-23-21(17(4)18(5)29-23)22(27)26(24(25)28)20-10-9-15(2)16(3)12-20/h6-12H,13H2,1-5H3. The molecule has 29 heavy (non-hydrogen) atoms. The van der Waals surface area contributed by atoms with Crippen LogP contribution in [0.3, 0.4) is 0 Å². The second kappa shape index (κ2) is 7.16. The average Bonchev–Trinajstić information content (AvgIpc) is 2.97. The Labute approximate surface area is 173 Å². The Morgan fingerprint density at radius 3 is 2.34 bits per heavy atom. The van der Waals surface area contributed by atoms with Crippen LogP contribution in [-0.2, 0) is 6.54 Å². The van der Waals surface area contributed by atoms with Crippen LogP contribution < -0.4 is 11.2 Å². The summed E-state index contributed by atoms with van der Waals surface area (Å²) in [6, 6.07) is 13.9. The summed E-state index contributed by atoms with van der Waals surface area (Å²) in [6.07, 6.45) is 0. The lowest BCUT2D eigenvalue weighted by molar-refractivity contribution is 0.718. The fraction of sp³-hybridized carbons (Fsp3) is 0.250. The molecule has 0 unspecified atom stereocenters. The summed E-state index contributed by atoms with van der Waals surface area (Å²) in [5.74, 6) is 0. The average molecular weight is 405 g/mol. The fourth-order valence-corrected chi connectivity index (χ4v) is 4.82. The third kappa shape index (κ3) is 3.25. The SMILES string of the molecule is Cc1cccc(Cn2c(=O)n(-c3ccc(C)c(C)c3)c(=O)c3c(C)c(C)sc32)c1. The molecule has 148 valence electrons. The van der Waals surface area contributed by atoms with E-state index in [1.165, 1.54) is 15.9 Å². The minimum Gasteiger partial charge on any atom is -0.280 e. The highest BCUT2D eigenvalue weighted by Crippen LogP contribution is 2.27. The lowest BCUT2D eigenvalue weighted by Crippen LogP contribution is -2.39. The van der Waals surface area contributed by atoms with Crippen molar-refractivity contribution in [3.05, 3.63) is 96.0 Å². The first kappa shape index (κ1) is 19.4. The Morgan fingerprint density at radius 1 is 0.897 bits per heavy atom. The van der Waals surface area contributed by atoms with E-state index in [1.54, 1.807) is 4.57 Å². The third-order valence-electron chi connectivity index (χ3n) is 5.62. The van der Waals surface area contributed by atoms with E-state index in [0.29, 0.717) is 17.6 Å². The second-order valence-corrected chi connectivity index (χ2v) is 8.93. The van der Waals surface area contributed by atoms with Crippen molar-refractivity contribution in [2.45, 2.75) is 41.2 Å². The van der Waals surface area contributed by atoms with Crippen molar-refractivity contribution in [2.24, 2.45) is 0 Å². The zero-order chi connectivity index (χ0) is 20.9. The van der Waals surface area contributed by atoms with Crippen LogP contribution in [0.25, 0.3) is 15.9 Å². The largest absolute Gasteiger partial charge is 0.337 e. The van der Waals surface area contributed by atoms with Gasteiger partial charge in [-0.15, -0.1) is 11.3 Å². The highest BCUT2D eigenvalue weighted by molar-refractivity contribution is 7.18. The molecule has 0 spiro atoms. The van der Waals surface area contributed by atoms with Gasteiger partial charge in [0.15, 0.2) is 0 Å². The summed E-state index contributed by atoms with van der Waals surface area (Å²) >= 11 is 1.52. The predicted octanol–water partition coefficient (Wildman–Crippen LogP) is 4.80. The van der Waals surface area contributed by atoms with Gasteiger partial charge >= 0.3 is 5.69 Å². The maximum Gasteiger partial charge on any atom is 0.337 e. The van der Waals surface area contributed by atoms with Crippen LogP contribution in [0.2, 0.25) is 0 Å². The zero-order valence-corrected chi connectivity index (χ0v) is 18.2. The van der Waals surface area contributed by atoms with Gasteiger partial charge in [0.2, 0.25) is 0 Å². The molecule has 0 aliphatic rings. The maximum atomic E-state index is 13.5. The molecule has 4 aromatic rings. The van der Waals surface area contributed by atoms with Crippen molar-refractivity contribution in [1.29, 1.82) is 0 Å². The first-order valence-corrected chi connectivity index (χ1v) is 10.5. The maximum absolute atomic E-state index is 13.5. The van der Waals surface area contributed by atoms with Gasteiger partial charge in [-0.05, 0) is 69.0 Å². The van der Waals surface area contributed by atoms with E-state index in [9.17, 15) is 9.59 Å². The van der Waals surface area contributed by atoms with E-state index in [1.807, 2.05) is 71.0 Å². The molecule has 0 fully saturated rings. The summed E-state index contributed by atoms with van der Waals surface area (Å²) in [4.78, 5) is 28.7. The van der Waals surface area contributed by atoms with Gasteiger partial charge in [0.05, 0.1) is 17.6 Å². The number of aromatic nitrogens is 2. The van der Waals surface area contributed by atoms with Crippen LogP contribution in [0.15, 0.2) is 52.1 Å². The number of rotatable bonds is 3. The van der Waals surface area contributed by atoms with E-state index in [-0.39, 0.29) is 11.2 Å². The molecule has 0 amide bonds. The van der Waals surface area contributed by atoms with Gasteiger partial charge in [0.1, 0.15) is 4.83 Å². The van der Waals surface area contributed by atoms with Crippen molar-refractivity contribution >= 4 is 21.6 Å². The first-order chi connectivity index (χ1) is 13.8. The lowest BCUT2D eigenvalue weighted by atomic mass is 10.1. The molecule has 2 aromatic carbocycles. The highest BCUT2D eigenvalue weighted by atomic mass is 32.1. The van der Waals surface area contributed by atoms with Crippen LogP contribution in [0, 0.1) is 34.6 Å². The van der Waals surface area contributed by atoms with Crippen LogP contribution in [0.4, 0.5) is 0 Å².